The predicted octanol–water partition coefficient (Wildman–Crippen LogP) is 3.48. The number of carbonyl (C=O) groups is 1. The van der Waals surface area contributed by atoms with Crippen LogP contribution in [0.1, 0.15) is 15.9 Å². The Balaban J connectivity index is 1.63. The second-order valence-electron chi connectivity index (χ2n) is 6.20. The molecule has 9 heteroatoms. The fourth-order valence-corrected chi connectivity index (χ4v) is 3.18. The van der Waals surface area contributed by atoms with Crippen LogP contribution < -0.4 is 0 Å². The number of nitrogens with zero attached hydrogens (tertiary/aromatic N) is 3. The number of rotatable bonds is 4. The van der Waals surface area contributed by atoms with Crippen molar-refractivity contribution in [1.82, 2.24) is 9.80 Å². The summed E-state index contributed by atoms with van der Waals surface area (Å²) in [4.78, 5) is 26.4. The molecule has 0 saturated carbocycles. The average Bonchev–Trinajstić information content (AvgIpc) is 2.65. The Bertz CT molecular complexity index is 886. The van der Waals surface area contributed by atoms with Gasteiger partial charge in [0.2, 0.25) is 0 Å². The number of benzene rings is 2. The molecule has 142 valence electrons. The molecular weight excluding hydrogens is 380 g/mol. The number of nitro benzene ring substituents is 1. The molecule has 1 aliphatic heterocycles. The molecular formula is C18H16ClF2N3O3. The van der Waals surface area contributed by atoms with E-state index in [1.807, 2.05) is 4.90 Å². The molecule has 6 nitrogen and oxygen atoms in total. The maximum atomic E-state index is 13.8. The minimum absolute atomic E-state index is 0.0292. The normalized spacial score (nSPS) is 15.0. The molecule has 1 heterocycles. The summed E-state index contributed by atoms with van der Waals surface area (Å²) in [6, 6.07) is 8.01. The molecule has 0 N–H and O–H groups in total. The molecule has 1 aliphatic rings. The van der Waals surface area contributed by atoms with Gasteiger partial charge in [0.1, 0.15) is 5.02 Å². The molecule has 1 fully saturated rings. The summed E-state index contributed by atoms with van der Waals surface area (Å²) in [7, 11) is 0. The van der Waals surface area contributed by atoms with Crippen LogP contribution in [0.15, 0.2) is 36.4 Å². The number of halogens is 3. The molecule has 0 unspecified atom stereocenters. The van der Waals surface area contributed by atoms with Crippen LogP contribution in [-0.2, 0) is 6.54 Å². The maximum Gasteiger partial charge on any atom is 0.288 e. The van der Waals surface area contributed by atoms with Crippen LogP contribution in [0.25, 0.3) is 0 Å². The fourth-order valence-electron chi connectivity index (χ4n) is 2.99. The van der Waals surface area contributed by atoms with Crippen molar-refractivity contribution < 1.29 is 18.5 Å². The van der Waals surface area contributed by atoms with E-state index in [-0.39, 0.29) is 34.3 Å². The lowest BCUT2D eigenvalue weighted by Gasteiger charge is -2.34. The second-order valence-corrected chi connectivity index (χ2v) is 6.61. The number of nitro groups is 1. The Morgan fingerprint density at radius 2 is 1.85 bits per heavy atom. The Labute approximate surface area is 159 Å². The molecule has 27 heavy (non-hydrogen) atoms. The lowest BCUT2D eigenvalue weighted by Crippen LogP contribution is -2.48. The van der Waals surface area contributed by atoms with Gasteiger partial charge in [-0.3, -0.25) is 19.8 Å². The molecule has 0 atom stereocenters. The molecule has 1 amide bonds. The van der Waals surface area contributed by atoms with E-state index in [2.05, 4.69) is 0 Å². The summed E-state index contributed by atoms with van der Waals surface area (Å²) in [5.74, 6) is -2.07. The van der Waals surface area contributed by atoms with Gasteiger partial charge in [0.15, 0.2) is 11.6 Å². The fraction of sp³-hybridized carbons (Fsp3) is 0.278. The van der Waals surface area contributed by atoms with Crippen molar-refractivity contribution in [1.29, 1.82) is 0 Å². The van der Waals surface area contributed by atoms with Crippen LogP contribution in [-0.4, -0.2) is 46.8 Å². The third-order valence-electron chi connectivity index (χ3n) is 4.47. The molecule has 3 rings (SSSR count). The van der Waals surface area contributed by atoms with Crippen LogP contribution in [0, 0.1) is 21.7 Å². The highest BCUT2D eigenvalue weighted by molar-refractivity contribution is 6.32. The Morgan fingerprint density at radius 1 is 1.15 bits per heavy atom. The average molecular weight is 396 g/mol. The van der Waals surface area contributed by atoms with Crippen LogP contribution in [0.2, 0.25) is 5.02 Å². The van der Waals surface area contributed by atoms with Crippen molar-refractivity contribution >= 4 is 23.2 Å². The summed E-state index contributed by atoms with van der Waals surface area (Å²) in [6.07, 6.45) is 0. The first kappa shape index (κ1) is 19.2. The third-order valence-corrected chi connectivity index (χ3v) is 4.79. The molecule has 0 aliphatic carbocycles. The van der Waals surface area contributed by atoms with Crippen molar-refractivity contribution in [3.05, 3.63) is 74.3 Å². The molecule has 0 aromatic heterocycles. The number of carbonyl (C=O) groups excluding carboxylic acids is 1. The first-order valence-corrected chi connectivity index (χ1v) is 8.63. The van der Waals surface area contributed by atoms with Gasteiger partial charge in [0.05, 0.1) is 4.92 Å². The standard InChI is InChI=1S/C18H16ClF2N3O3/c19-14-5-4-12(10-16(14)24(26)27)18(25)23-8-6-22(7-9-23)11-13-2-1-3-15(20)17(13)21/h1-5,10H,6-9,11H2. The minimum atomic E-state index is -0.884. The smallest absolute Gasteiger partial charge is 0.288 e. The van der Waals surface area contributed by atoms with E-state index in [9.17, 15) is 23.7 Å². The zero-order chi connectivity index (χ0) is 19.6. The summed E-state index contributed by atoms with van der Waals surface area (Å²) in [5.41, 5.74) is 0.140. The van der Waals surface area contributed by atoms with E-state index >= 15 is 0 Å². The molecule has 0 radical (unpaired) electrons. The van der Waals surface area contributed by atoms with Gasteiger partial charge in [-0.15, -0.1) is 0 Å². The molecule has 0 bridgehead atoms. The predicted molar refractivity (Wildman–Crippen MR) is 95.6 cm³/mol. The summed E-state index contributed by atoms with van der Waals surface area (Å²) in [5, 5.41) is 10.9. The zero-order valence-corrected chi connectivity index (χ0v) is 15.0. The van der Waals surface area contributed by atoms with Crippen LogP contribution >= 0.6 is 11.6 Å². The summed E-state index contributed by atoms with van der Waals surface area (Å²) in [6.45, 7) is 1.98. The summed E-state index contributed by atoms with van der Waals surface area (Å²) < 4.78 is 27.1. The maximum absolute atomic E-state index is 13.8. The van der Waals surface area contributed by atoms with E-state index in [4.69, 9.17) is 11.6 Å². The van der Waals surface area contributed by atoms with Gasteiger partial charge in [-0.1, -0.05) is 23.7 Å². The van der Waals surface area contributed by atoms with Crippen molar-refractivity contribution in [2.24, 2.45) is 0 Å². The second kappa shape index (κ2) is 7.98. The van der Waals surface area contributed by atoms with E-state index in [1.165, 1.54) is 30.3 Å². The SMILES string of the molecule is O=C(c1ccc(Cl)c([N+](=O)[O-])c1)N1CCN(Cc2cccc(F)c2F)CC1. The van der Waals surface area contributed by atoms with E-state index in [0.717, 1.165) is 6.07 Å². The minimum Gasteiger partial charge on any atom is -0.336 e. The molecule has 2 aromatic rings. The van der Waals surface area contributed by atoms with Crippen LogP contribution in [0.4, 0.5) is 14.5 Å². The van der Waals surface area contributed by atoms with Gasteiger partial charge >= 0.3 is 0 Å². The monoisotopic (exact) mass is 395 g/mol. The van der Waals surface area contributed by atoms with E-state index < -0.39 is 16.6 Å². The Kier molecular flexibility index (Phi) is 5.67. The van der Waals surface area contributed by atoms with Crippen molar-refractivity contribution in [3.63, 3.8) is 0 Å². The van der Waals surface area contributed by atoms with Gasteiger partial charge in [-0.25, -0.2) is 8.78 Å². The van der Waals surface area contributed by atoms with Gasteiger partial charge in [0.25, 0.3) is 11.6 Å². The van der Waals surface area contributed by atoms with Crippen molar-refractivity contribution in [2.75, 3.05) is 26.2 Å². The van der Waals surface area contributed by atoms with Crippen LogP contribution in [0.5, 0.6) is 0 Å². The highest BCUT2D eigenvalue weighted by atomic mass is 35.5. The highest BCUT2D eigenvalue weighted by Crippen LogP contribution is 2.26. The number of piperazine rings is 1. The summed E-state index contributed by atoms with van der Waals surface area (Å²) >= 11 is 5.77. The number of hydrogen-bond acceptors (Lipinski definition) is 4. The first-order valence-electron chi connectivity index (χ1n) is 8.25. The third kappa shape index (κ3) is 4.23. The van der Waals surface area contributed by atoms with Gasteiger partial charge in [0, 0.05) is 49.9 Å². The Hall–Kier alpha value is -2.58. The molecule has 0 spiro atoms. The quantitative estimate of drug-likeness (QED) is 0.587. The van der Waals surface area contributed by atoms with Crippen molar-refractivity contribution in [3.8, 4) is 0 Å². The first-order chi connectivity index (χ1) is 12.9. The zero-order valence-electron chi connectivity index (χ0n) is 14.2. The van der Waals surface area contributed by atoms with Crippen molar-refractivity contribution in [2.45, 2.75) is 6.54 Å². The van der Waals surface area contributed by atoms with E-state index in [0.29, 0.717) is 26.2 Å². The molecule has 2 aromatic carbocycles. The topological polar surface area (TPSA) is 66.7 Å². The highest BCUT2D eigenvalue weighted by Gasteiger charge is 2.25. The molecule has 1 saturated heterocycles. The van der Waals surface area contributed by atoms with Gasteiger partial charge < -0.3 is 4.90 Å². The van der Waals surface area contributed by atoms with Gasteiger partial charge in [-0.05, 0) is 18.2 Å². The lowest BCUT2D eigenvalue weighted by molar-refractivity contribution is -0.384. The van der Waals surface area contributed by atoms with Crippen LogP contribution in [0.3, 0.4) is 0 Å². The van der Waals surface area contributed by atoms with Gasteiger partial charge in [-0.2, -0.15) is 0 Å². The van der Waals surface area contributed by atoms with E-state index in [1.54, 1.807) is 4.90 Å². The lowest BCUT2D eigenvalue weighted by atomic mass is 10.1. The largest absolute Gasteiger partial charge is 0.336 e. The Morgan fingerprint density at radius 3 is 2.52 bits per heavy atom. The number of hydrogen-bond donors (Lipinski definition) is 0. The number of amides is 1.